The SMILES string of the molecule is COC(=O)c1cccc2cc3c(=O)oc4ccccc4c3nc12. The number of esters is 1. The van der Waals surface area contributed by atoms with Crippen LogP contribution in [-0.2, 0) is 4.74 Å². The molecule has 0 aliphatic carbocycles. The fraction of sp³-hybridized carbons (Fsp3) is 0.0556. The minimum absolute atomic E-state index is 0.365. The number of methoxy groups -OCH3 is 1. The molecule has 0 unspecified atom stereocenters. The molecule has 5 heteroatoms. The topological polar surface area (TPSA) is 69.4 Å². The number of hydrogen-bond donors (Lipinski definition) is 0. The maximum Gasteiger partial charge on any atom is 0.345 e. The Balaban J connectivity index is 2.23. The maximum atomic E-state index is 12.2. The molecule has 0 aliphatic heterocycles. The molecule has 0 fully saturated rings. The Morgan fingerprint density at radius 3 is 2.70 bits per heavy atom. The van der Waals surface area contributed by atoms with Crippen LogP contribution in [0.1, 0.15) is 10.4 Å². The lowest BCUT2D eigenvalue weighted by atomic mass is 10.1. The van der Waals surface area contributed by atoms with Gasteiger partial charge in [0, 0.05) is 10.8 Å². The number of fused-ring (bicyclic) bond motifs is 4. The van der Waals surface area contributed by atoms with E-state index in [0.717, 1.165) is 5.39 Å². The molecule has 0 N–H and O–H groups in total. The molecule has 0 aliphatic rings. The van der Waals surface area contributed by atoms with E-state index in [1.54, 1.807) is 36.4 Å². The first-order valence-corrected chi connectivity index (χ1v) is 7.02. The third kappa shape index (κ3) is 1.97. The minimum Gasteiger partial charge on any atom is -0.465 e. The van der Waals surface area contributed by atoms with Gasteiger partial charge in [0.2, 0.25) is 0 Å². The van der Waals surface area contributed by atoms with E-state index < -0.39 is 11.6 Å². The lowest BCUT2D eigenvalue weighted by molar-refractivity contribution is 0.0603. The number of carbonyl (C=O) groups is 1. The zero-order valence-electron chi connectivity index (χ0n) is 12.2. The first kappa shape index (κ1) is 13.5. The Morgan fingerprint density at radius 1 is 1.04 bits per heavy atom. The molecule has 0 saturated carbocycles. The predicted molar refractivity (Wildman–Crippen MR) is 86.6 cm³/mol. The van der Waals surface area contributed by atoms with E-state index >= 15 is 0 Å². The summed E-state index contributed by atoms with van der Waals surface area (Å²) < 4.78 is 10.1. The molecule has 2 aromatic heterocycles. The fourth-order valence-corrected chi connectivity index (χ4v) is 2.74. The second kappa shape index (κ2) is 4.91. The van der Waals surface area contributed by atoms with Crippen LogP contribution in [0, 0.1) is 0 Å². The number of benzene rings is 2. The number of ether oxygens (including phenoxy) is 1. The molecule has 5 nitrogen and oxygen atoms in total. The molecule has 0 saturated heterocycles. The molecular formula is C18H11NO4. The van der Waals surface area contributed by atoms with Crippen LogP contribution in [0.15, 0.2) is 57.7 Å². The van der Waals surface area contributed by atoms with E-state index in [1.165, 1.54) is 7.11 Å². The lowest BCUT2D eigenvalue weighted by Crippen LogP contribution is -2.05. The summed E-state index contributed by atoms with van der Waals surface area (Å²) in [4.78, 5) is 28.7. The number of hydrogen-bond acceptors (Lipinski definition) is 5. The van der Waals surface area contributed by atoms with Crippen LogP contribution < -0.4 is 5.63 Å². The van der Waals surface area contributed by atoms with Crippen molar-refractivity contribution in [2.24, 2.45) is 0 Å². The summed E-state index contributed by atoms with van der Waals surface area (Å²) in [5.74, 6) is -0.463. The second-order valence-electron chi connectivity index (χ2n) is 5.14. The van der Waals surface area contributed by atoms with E-state index in [2.05, 4.69) is 4.98 Å². The van der Waals surface area contributed by atoms with Gasteiger partial charge in [-0.25, -0.2) is 14.6 Å². The summed E-state index contributed by atoms with van der Waals surface area (Å²) in [5.41, 5.74) is 1.40. The summed E-state index contributed by atoms with van der Waals surface area (Å²) in [6, 6.07) is 14.1. The average molecular weight is 305 g/mol. The standard InChI is InChI=1S/C18H11NO4/c1-22-17(20)12-7-4-5-10-9-13-16(19-15(10)12)11-6-2-3-8-14(11)23-18(13)21/h2-9H,1H3. The average Bonchev–Trinajstić information content (AvgIpc) is 2.59. The van der Waals surface area contributed by atoms with Crippen molar-refractivity contribution < 1.29 is 13.9 Å². The van der Waals surface area contributed by atoms with Gasteiger partial charge in [-0.2, -0.15) is 0 Å². The zero-order valence-corrected chi connectivity index (χ0v) is 12.2. The highest BCUT2D eigenvalue weighted by Gasteiger charge is 2.15. The van der Waals surface area contributed by atoms with Gasteiger partial charge in [-0.3, -0.25) is 0 Å². The van der Waals surface area contributed by atoms with Gasteiger partial charge in [0.05, 0.1) is 29.1 Å². The van der Waals surface area contributed by atoms with E-state index in [-0.39, 0.29) is 0 Å². The number of carbonyl (C=O) groups excluding carboxylic acids is 1. The van der Waals surface area contributed by atoms with E-state index in [1.807, 2.05) is 12.1 Å². The number of pyridine rings is 1. The lowest BCUT2D eigenvalue weighted by Gasteiger charge is -2.07. The van der Waals surface area contributed by atoms with Crippen LogP contribution in [-0.4, -0.2) is 18.1 Å². The van der Waals surface area contributed by atoms with Crippen molar-refractivity contribution in [1.29, 1.82) is 0 Å². The summed E-state index contributed by atoms with van der Waals surface area (Å²) in [6.45, 7) is 0. The molecule has 2 aromatic carbocycles. The number of para-hydroxylation sites is 2. The third-order valence-corrected chi connectivity index (χ3v) is 3.82. The smallest absolute Gasteiger partial charge is 0.345 e. The van der Waals surface area contributed by atoms with E-state index in [4.69, 9.17) is 9.15 Å². The summed E-state index contributed by atoms with van der Waals surface area (Å²) in [6.07, 6.45) is 0. The molecule has 0 bridgehead atoms. The van der Waals surface area contributed by atoms with Gasteiger partial charge >= 0.3 is 11.6 Å². The van der Waals surface area contributed by atoms with Crippen LogP contribution in [0.25, 0.3) is 32.8 Å². The molecule has 23 heavy (non-hydrogen) atoms. The Morgan fingerprint density at radius 2 is 1.87 bits per heavy atom. The Kier molecular flexibility index (Phi) is 2.87. The van der Waals surface area contributed by atoms with Crippen molar-refractivity contribution in [2.45, 2.75) is 0 Å². The first-order chi connectivity index (χ1) is 11.2. The molecule has 0 amide bonds. The Bertz CT molecular complexity index is 1140. The van der Waals surface area contributed by atoms with Gasteiger partial charge in [-0.15, -0.1) is 0 Å². The molecule has 4 aromatic rings. The molecule has 112 valence electrons. The summed E-state index contributed by atoms with van der Waals surface area (Å²) in [5, 5.41) is 1.80. The molecule has 0 spiro atoms. The number of nitrogens with zero attached hydrogens (tertiary/aromatic N) is 1. The van der Waals surface area contributed by atoms with Crippen LogP contribution in [0.2, 0.25) is 0 Å². The predicted octanol–water partition coefficient (Wildman–Crippen LogP) is 3.28. The van der Waals surface area contributed by atoms with Gasteiger partial charge in [-0.05, 0) is 24.3 Å². The van der Waals surface area contributed by atoms with Gasteiger partial charge in [0.1, 0.15) is 5.58 Å². The van der Waals surface area contributed by atoms with Crippen molar-refractivity contribution in [3.63, 3.8) is 0 Å². The van der Waals surface area contributed by atoms with Crippen molar-refractivity contribution >= 4 is 38.7 Å². The van der Waals surface area contributed by atoms with Crippen LogP contribution in [0.5, 0.6) is 0 Å². The van der Waals surface area contributed by atoms with Crippen molar-refractivity contribution in [3.8, 4) is 0 Å². The first-order valence-electron chi connectivity index (χ1n) is 7.02. The van der Waals surface area contributed by atoms with Gasteiger partial charge < -0.3 is 9.15 Å². The van der Waals surface area contributed by atoms with Crippen LogP contribution in [0.4, 0.5) is 0 Å². The minimum atomic E-state index is -0.463. The highest BCUT2D eigenvalue weighted by Crippen LogP contribution is 2.26. The van der Waals surface area contributed by atoms with E-state index in [0.29, 0.717) is 33.0 Å². The normalized spacial score (nSPS) is 11.2. The van der Waals surface area contributed by atoms with Crippen LogP contribution in [0.3, 0.4) is 0 Å². The third-order valence-electron chi connectivity index (χ3n) is 3.82. The summed E-state index contributed by atoms with van der Waals surface area (Å²) >= 11 is 0. The number of aromatic nitrogens is 1. The summed E-state index contributed by atoms with van der Waals surface area (Å²) in [7, 11) is 1.33. The second-order valence-corrected chi connectivity index (χ2v) is 5.14. The van der Waals surface area contributed by atoms with Gasteiger partial charge in [0.15, 0.2) is 0 Å². The highest BCUT2D eigenvalue weighted by atomic mass is 16.5. The Labute approximate surface area is 130 Å². The van der Waals surface area contributed by atoms with Gasteiger partial charge in [-0.1, -0.05) is 24.3 Å². The van der Waals surface area contributed by atoms with Crippen LogP contribution >= 0.6 is 0 Å². The van der Waals surface area contributed by atoms with Crippen molar-refractivity contribution in [1.82, 2.24) is 4.98 Å². The van der Waals surface area contributed by atoms with Crippen molar-refractivity contribution in [3.05, 3.63) is 64.5 Å². The molecule has 4 rings (SSSR count). The molecule has 2 heterocycles. The largest absolute Gasteiger partial charge is 0.465 e. The molecule has 0 radical (unpaired) electrons. The number of rotatable bonds is 1. The molecular weight excluding hydrogens is 294 g/mol. The maximum absolute atomic E-state index is 12.2. The van der Waals surface area contributed by atoms with Gasteiger partial charge in [0.25, 0.3) is 0 Å². The highest BCUT2D eigenvalue weighted by molar-refractivity contribution is 6.09. The Hall–Kier alpha value is -3.21. The fourth-order valence-electron chi connectivity index (χ4n) is 2.74. The monoisotopic (exact) mass is 305 g/mol. The quantitative estimate of drug-likeness (QED) is 0.234. The molecule has 0 atom stereocenters. The van der Waals surface area contributed by atoms with E-state index in [9.17, 15) is 9.59 Å². The van der Waals surface area contributed by atoms with Crippen molar-refractivity contribution in [2.75, 3.05) is 7.11 Å². The zero-order chi connectivity index (χ0) is 16.0.